The lowest BCUT2D eigenvalue weighted by Crippen LogP contribution is -2.42. The van der Waals surface area contributed by atoms with Crippen molar-refractivity contribution in [1.29, 1.82) is 0 Å². The predicted molar refractivity (Wildman–Crippen MR) is 136 cm³/mol. The van der Waals surface area contributed by atoms with Gasteiger partial charge in [-0.3, -0.25) is 9.69 Å². The Morgan fingerprint density at radius 1 is 1.11 bits per heavy atom. The normalized spacial score (nSPS) is 18.2. The number of amides is 3. The molecule has 6 nitrogen and oxygen atoms in total. The molecule has 0 saturated carbocycles. The van der Waals surface area contributed by atoms with Gasteiger partial charge in [-0.25, -0.2) is 9.18 Å². The van der Waals surface area contributed by atoms with Crippen molar-refractivity contribution in [3.8, 4) is 0 Å². The summed E-state index contributed by atoms with van der Waals surface area (Å²) in [6.45, 7) is 8.21. The highest BCUT2D eigenvalue weighted by Crippen LogP contribution is 2.32. The van der Waals surface area contributed by atoms with Crippen molar-refractivity contribution in [1.82, 2.24) is 20.0 Å². The molecular weight excluding hydrogens is 467 g/mol. The van der Waals surface area contributed by atoms with Gasteiger partial charge in [0.15, 0.2) is 0 Å². The van der Waals surface area contributed by atoms with Crippen LogP contribution < -0.4 is 5.32 Å². The van der Waals surface area contributed by atoms with Gasteiger partial charge in [0.25, 0.3) is 5.91 Å². The number of halogens is 2. The molecule has 0 radical (unpaired) electrons. The molecule has 2 aromatic rings. The van der Waals surface area contributed by atoms with Crippen LogP contribution in [0, 0.1) is 11.7 Å². The summed E-state index contributed by atoms with van der Waals surface area (Å²) in [5.41, 5.74) is 2.19. The molecule has 8 heteroatoms. The summed E-state index contributed by atoms with van der Waals surface area (Å²) in [5.74, 6) is -0.770. The second kappa shape index (κ2) is 11.2. The number of hydrogen-bond acceptors (Lipinski definition) is 3. The van der Waals surface area contributed by atoms with Crippen LogP contribution in [0.5, 0.6) is 0 Å². The molecule has 0 aromatic heterocycles. The van der Waals surface area contributed by atoms with Crippen molar-refractivity contribution in [3.05, 3.63) is 82.3 Å². The lowest BCUT2D eigenvalue weighted by molar-refractivity contribution is 0.0816. The average molecular weight is 499 g/mol. The molecular formula is C27H32ClFN4O2. The van der Waals surface area contributed by atoms with Gasteiger partial charge < -0.3 is 15.1 Å². The van der Waals surface area contributed by atoms with Crippen LogP contribution in [-0.2, 0) is 0 Å². The molecule has 1 unspecified atom stereocenters. The molecule has 0 bridgehead atoms. The molecule has 4 rings (SSSR count). The molecule has 1 fully saturated rings. The van der Waals surface area contributed by atoms with Gasteiger partial charge in [-0.2, -0.15) is 0 Å². The Labute approximate surface area is 211 Å². The Balaban J connectivity index is 1.38. The Kier molecular flexibility index (Phi) is 8.08. The number of nitrogens with one attached hydrogen (secondary N) is 1. The van der Waals surface area contributed by atoms with E-state index < -0.39 is 11.7 Å². The van der Waals surface area contributed by atoms with E-state index in [0.717, 1.165) is 31.6 Å². The van der Waals surface area contributed by atoms with Crippen LogP contribution in [0.3, 0.4) is 0 Å². The number of likely N-dealkylation sites (tertiary alicyclic amines) is 1. The van der Waals surface area contributed by atoms with Crippen molar-refractivity contribution >= 4 is 23.5 Å². The van der Waals surface area contributed by atoms with Crippen molar-refractivity contribution < 1.29 is 14.0 Å². The highest BCUT2D eigenvalue weighted by atomic mass is 35.5. The fourth-order valence-electron chi connectivity index (χ4n) is 4.92. The van der Waals surface area contributed by atoms with E-state index in [2.05, 4.69) is 10.2 Å². The Morgan fingerprint density at radius 2 is 1.86 bits per heavy atom. The molecule has 2 aromatic carbocycles. The topological polar surface area (TPSA) is 55.9 Å². The van der Waals surface area contributed by atoms with Crippen LogP contribution in [0.1, 0.15) is 42.2 Å². The van der Waals surface area contributed by atoms with Gasteiger partial charge in [0.2, 0.25) is 0 Å². The summed E-state index contributed by atoms with van der Waals surface area (Å²) in [7, 11) is 0. The monoisotopic (exact) mass is 498 g/mol. The third-order valence-electron chi connectivity index (χ3n) is 6.87. The van der Waals surface area contributed by atoms with Crippen molar-refractivity contribution in [2.45, 2.75) is 26.3 Å². The smallest absolute Gasteiger partial charge is 0.317 e. The number of rotatable bonds is 8. The van der Waals surface area contributed by atoms with Crippen LogP contribution >= 0.6 is 11.6 Å². The fourth-order valence-corrected chi connectivity index (χ4v) is 5.16. The Bertz CT molecular complexity index is 1070. The molecule has 2 aliphatic heterocycles. The van der Waals surface area contributed by atoms with Crippen LogP contribution in [0.25, 0.3) is 0 Å². The summed E-state index contributed by atoms with van der Waals surface area (Å²) in [4.78, 5) is 31.3. The van der Waals surface area contributed by atoms with Gasteiger partial charge in [-0.15, -0.1) is 0 Å². The van der Waals surface area contributed by atoms with Crippen molar-refractivity contribution in [2.24, 2.45) is 5.92 Å². The SMILES string of the molecule is CCN(CC)C(=O)N[C@@H](CCN1CC2=CN(C(=O)c3c(F)cccc3Cl)CC2C1)c1ccccc1. The van der Waals surface area contributed by atoms with Crippen LogP contribution in [0.15, 0.2) is 60.3 Å². The molecule has 2 aliphatic rings. The first kappa shape index (κ1) is 25.2. The van der Waals surface area contributed by atoms with Gasteiger partial charge in [0.05, 0.1) is 16.6 Å². The van der Waals surface area contributed by atoms with E-state index >= 15 is 0 Å². The molecule has 0 aliphatic carbocycles. The third kappa shape index (κ3) is 5.68. The molecule has 2 heterocycles. The standard InChI is InChI=1S/C27H32ClFN4O2/c1-3-32(4-2)27(35)30-24(19-9-6-5-7-10-19)13-14-31-15-20-17-33(18-21(20)16-31)26(34)25-22(28)11-8-12-23(25)29/h5-12,17,21,24H,3-4,13-16,18H2,1-2H3,(H,30,35)/t21?,24-/m0/s1. The minimum Gasteiger partial charge on any atom is -0.331 e. The minimum atomic E-state index is -0.599. The van der Waals surface area contributed by atoms with E-state index in [0.29, 0.717) is 19.6 Å². The lowest BCUT2D eigenvalue weighted by atomic mass is 10.0. The van der Waals surface area contributed by atoms with Gasteiger partial charge >= 0.3 is 6.03 Å². The van der Waals surface area contributed by atoms with E-state index in [-0.39, 0.29) is 28.6 Å². The molecule has 186 valence electrons. The zero-order valence-corrected chi connectivity index (χ0v) is 21.0. The molecule has 35 heavy (non-hydrogen) atoms. The van der Waals surface area contributed by atoms with Crippen LogP contribution in [0.4, 0.5) is 9.18 Å². The molecule has 1 N–H and O–H groups in total. The summed E-state index contributed by atoms with van der Waals surface area (Å²) in [6, 6.07) is 14.2. The minimum absolute atomic E-state index is 0.0502. The largest absolute Gasteiger partial charge is 0.331 e. The zero-order chi connectivity index (χ0) is 24.9. The summed E-state index contributed by atoms with van der Waals surface area (Å²) in [5, 5.41) is 3.34. The first-order chi connectivity index (χ1) is 16.9. The molecule has 1 saturated heterocycles. The zero-order valence-electron chi connectivity index (χ0n) is 20.2. The average Bonchev–Trinajstić information content (AvgIpc) is 3.42. The first-order valence-electron chi connectivity index (χ1n) is 12.2. The third-order valence-corrected chi connectivity index (χ3v) is 7.18. The van der Waals surface area contributed by atoms with Crippen LogP contribution in [-0.4, -0.2) is 65.9 Å². The Hall–Kier alpha value is -2.90. The highest BCUT2D eigenvalue weighted by molar-refractivity contribution is 6.33. The van der Waals surface area contributed by atoms with Gasteiger partial charge in [-0.1, -0.05) is 48.0 Å². The van der Waals surface area contributed by atoms with E-state index in [1.165, 1.54) is 23.8 Å². The molecule has 0 spiro atoms. The van der Waals surface area contributed by atoms with Gasteiger partial charge in [-0.05, 0) is 43.5 Å². The number of fused-ring (bicyclic) bond motifs is 1. The number of urea groups is 1. The molecule has 2 atom stereocenters. The number of carbonyl (C=O) groups is 2. The van der Waals surface area contributed by atoms with E-state index in [1.54, 1.807) is 9.80 Å². The lowest BCUT2D eigenvalue weighted by Gasteiger charge is -2.27. The maximum atomic E-state index is 14.2. The van der Waals surface area contributed by atoms with Crippen molar-refractivity contribution in [2.75, 3.05) is 39.3 Å². The quantitative estimate of drug-likeness (QED) is 0.561. The first-order valence-corrected chi connectivity index (χ1v) is 12.6. The highest BCUT2D eigenvalue weighted by Gasteiger charge is 2.36. The van der Waals surface area contributed by atoms with Gasteiger partial charge in [0, 0.05) is 51.4 Å². The fraction of sp³-hybridized carbons (Fsp3) is 0.407. The maximum absolute atomic E-state index is 14.2. The van der Waals surface area contributed by atoms with E-state index in [1.807, 2.05) is 50.4 Å². The maximum Gasteiger partial charge on any atom is 0.317 e. The van der Waals surface area contributed by atoms with E-state index in [9.17, 15) is 14.0 Å². The number of carbonyl (C=O) groups excluding carboxylic acids is 2. The van der Waals surface area contributed by atoms with Crippen molar-refractivity contribution in [3.63, 3.8) is 0 Å². The predicted octanol–water partition coefficient (Wildman–Crippen LogP) is 4.93. The van der Waals surface area contributed by atoms with Crippen LogP contribution in [0.2, 0.25) is 5.02 Å². The van der Waals surface area contributed by atoms with Gasteiger partial charge in [0.1, 0.15) is 5.82 Å². The number of benzene rings is 2. The number of hydrogen-bond donors (Lipinski definition) is 1. The summed E-state index contributed by atoms with van der Waals surface area (Å²) < 4.78 is 14.2. The summed E-state index contributed by atoms with van der Waals surface area (Å²) >= 11 is 6.09. The van der Waals surface area contributed by atoms with E-state index in [4.69, 9.17) is 11.6 Å². The number of nitrogens with zero attached hydrogens (tertiary/aromatic N) is 3. The second-order valence-corrected chi connectivity index (χ2v) is 9.47. The molecule has 3 amide bonds. The Morgan fingerprint density at radius 3 is 2.51 bits per heavy atom. The summed E-state index contributed by atoms with van der Waals surface area (Å²) in [6.07, 6.45) is 2.64. The second-order valence-electron chi connectivity index (χ2n) is 9.06.